The zero-order valence-electron chi connectivity index (χ0n) is 9.01. The van der Waals surface area contributed by atoms with Gasteiger partial charge in [0.2, 0.25) is 0 Å². The molecule has 0 spiro atoms. The summed E-state index contributed by atoms with van der Waals surface area (Å²) >= 11 is 0. The molecule has 1 unspecified atom stereocenters. The molecule has 0 rings (SSSR count). The van der Waals surface area contributed by atoms with Gasteiger partial charge in [-0.15, -0.1) is 0 Å². The van der Waals surface area contributed by atoms with Gasteiger partial charge in [-0.2, -0.15) is 0 Å². The van der Waals surface area contributed by atoms with Gasteiger partial charge >= 0.3 is 0 Å². The van der Waals surface area contributed by atoms with Crippen LogP contribution in [0.15, 0.2) is 0 Å². The summed E-state index contributed by atoms with van der Waals surface area (Å²) in [6, 6.07) is 0. The van der Waals surface area contributed by atoms with E-state index >= 15 is 0 Å². The average molecular weight is 172 g/mol. The Balaban J connectivity index is 3.63. The molecule has 0 aliphatic carbocycles. The van der Waals surface area contributed by atoms with Crippen LogP contribution in [-0.4, -0.2) is 11.7 Å². The Hall–Kier alpha value is -0.0400. The summed E-state index contributed by atoms with van der Waals surface area (Å²) in [5.74, 6) is 2.23. The van der Waals surface area contributed by atoms with Gasteiger partial charge in [0.25, 0.3) is 0 Å². The molecule has 0 saturated heterocycles. The molecule has 0 aliphatic rings. The lowest BCUT2D eigenvalue weighted by molar-refractivity contribution is 0.217. The zero-order valence-corrected chi connectivity index (χ0v) is 9.01. The molecule has 1 N–H and O–H groups in total. The first-order chi connectivity index (χ1) is 5.57. The highest BCUT2D eigenvalue weighted by Gasteiger charge is 2.12. The first-order valence-electron chi connectivity index (χ1n) is 5.18. The lowest BCUT2D eigenvalue weighted by Crippen LogP contribution is -2.11. The molecule has 0 aliphatic heterocycles. The number of hydrogen-bond donors (Lipinski definition) is 1. The molecule has 12 heavy (non-hydrogen) atoms. The van der Waals surface area contributed by atoms with Crippen LogP contribution in [0, 0.1) is 17.8 Å². The lowest BCUT2D eigenvalue weighted by atomic mass is 9.86. The second kappa shape index (κ2) is 6.47. The van der Waals surface area contributed by atoms with Crippen molar-refractivity contribution < 1.29 is 5.11 Å². The van der Waals surface area contributed by atoms with Crippen LogP contribution < -0.4 is 0 Å². The van der Waals surface area contributed by atoms with Crippen molar-refractivity contribution >= 4 is 0 Å². The minimum absolute atomic E-state index is 0.348. The molecule has 1 atom stereocenters. The summed E-state index contributed by atoms with van der Waals surface area (Å²) in [6.07, 6.45) is 3.54. The highest BCUT2D eigenvalue weighted by Crippen LogP contribution is 2.22. The molecule has 1 nitrogen and oxygen atoms in total. The zero-order chi connectivity index (χ0) is 9.56. The minimum Gasteiger partial charge on any atom is -0.396 e. The van der Waals surface area contributed by atoms with Crippen LogP contribution in [0.5, 0.6) is 0 Å². The molecule has 0 radical (unpaired) electrons. The fourth-order valence-corrected chi connectivity index (χ4v) is 1.52. The van der Waals surface area contributed by atoms with Crippen molar-refractivity contribution in [2.75, 3.05) is 6.61 Å². The molecule has 74 valence electrons. The van der Waals surface area contributed by atoms with E-state index in [0.29, 0.717) is 6.61 Å². The maximum Gasteiger partial charge on any atom is 0.0433 e. The standard InChI is InChI=1S/C11H24O/c1-9(2)5-6-11(7-8-12)10(3)4/h9-12H,5-8H2,1-4H3. The highest BCUT2D eigenvalue weighted by molar-refractivity contribution is 4.63. The summed E-state index contributed by atoms with van der Waals surface area (Å²) < 4.78 is 0. The number of aliphatic hydroxyl groups excluding tert-OH is 1. The summed E-state index contributed by atoms with van der Waals surface area (Å²) in [5, 5.41) is 8.85. The van der Waals surface area contributed by atoms with Gasteiger partial charge < -0.3 is 5.11 Å². The largest absolute Gasteiger partial charge is 0.396 e. The van der Waals surface area contributed by atoms with Crippen LogP contribution in [0.4, 0.5) is 0 Å². The Morgan fingerprint density at radius 1 is 0.917 bits per heavy atom. The van der Waals surface area contributed by atoms with E-state index in [9.17, 15) is 0 Å². The topological polar surface area (TPSA) is 20.2 Å². The van der Waals surface area contributed by atoms with E-state index in [1.165, 1.54) is 12.8 Å². The lowest BCUT2D eigenvalue weighted by Gasteiger charge is -2.20. The third-order valence-corrected chi connectivity index (χ3v) is 2.56. The molecule has 0 aromatic heterocycles. The summed E-state index contributed by atoms with van der Waals surface area (Å²) in [7, 11) is 0. The van der Waals surface area contributed by atoms with Gasteiger partial charge in [0.15, 0.2) is 0 Å². The first-order valence-corrected chi connectivity index (χ1v) is 5.18. The molecule has 0 bridgehead atoms. The third kappa shape index (κ3) is 5.59. The molecule has 0 fully saturated rings. The Bertz CT molecular complexity index is 97.2. The van der Waals surface area contributed by atoms with Crippen molar-refractivity contribution in [2.24, 2.45) is 17.8 Å². The second-order valence-electron chi connectivity index (χ2n) is 4.49. The van der Waals surface area contributed by atoms with Crippen LogP contribution in [-0.2, 0) is 0 Å². The third-order valence-electron chi connectivity index (χ3n) is 2.56. The highest BCUT2D eigenvalue weighted by atomic mass is 16.3. The number of hydrogen-bond acceptors (Lipinski definition) is 1. The van der Waals surface area contributed by atoms with Gasteiger partial charge in [0, 0.05) is 6.61 Å². The van der Waals surface area contributed by atoms with Crippen LogP contribution in [0.1, 0.15) is 47.0 Å². The van der Waals surface area contributed by atoms with Crippen molar-refractivity contribution in [3.05, 3.63) is 0 Å². The van der Waals surface area contributed by atoms with E-state index in [0.717, 1.165) is 24.2 Å². The Kier molecular flexibility index (Phi) is 6.45. The quantitative estimate of drug-likeness (QED) is 0.653. The fraction of sp³-hybridized carbons (Fsp3) is 1.00. The SMILES string of the molecule is CC(C)CCC(CCO)C(C)C. The predicted molar refractivity (Wildman–Crippen MR) is 54.1 cm³/mol. The molecule has 0 saturated carbocycles. The average Bonchev–Trinajstić information content (AvgIpc) is 1.96. The smallest absolute Gasteiger partial charge is 0.0433 e. The van der Waals surface area contributed by atoms with E-state index in [1.54, 1.807) is 0 Å². The molecular weight excluding hydrogens is 148 g/mol. The van der Waals surface area contributed by atoms with Gasteiger partial charge in [0.1, 0.15) is 0 Å². The molecule has 0 aromatic carbocycles. The van der Waals surface area contributed by atoms with Crippen LogP contribution in [0.3, 0.4) is 0 Å². The van der Waals surface area contributed by atoms with Gasteiger partial charge in [-0.05, 0) is 30.6 Å². The Morgan fingerprint density at radius 3 is 1.83 bits per heavy atom. The van der Waals surface area contributed by atoms with Gasteiger partial charge in [-0.25, -0.2) is 0 Å². The Labute approximate surface area is 77.2 Å². The molecule has 0 amide bonds. The van der Waals surface area contributed by atoms with E-state index in [-0.39, 0.29) is 0 Å². The van der Waals surface area contributed by atoms with Gasteiger partial charge in [-0.1, -0.05) is 34.1 Å². The van der Waals surface area contributed by atoms with E-state index in [2.05, 4.69) is 27.7 Å². The van der Waals surface area contributed by atoms with Crippen molar-refractivity contribution in [1.29, 1.82) is 0 Å². The fourth-order valence-electron chi connectivity index (χ4n) is 1.52. The van der Waals surface area contributed by atoms with E-state index in [1.807, 2.05) is 0 Å². The number of aliphatic hydroxyl groups is 1. The van der Waals surface area contributed by atoms with Gasteiger partial charge in [-0.3, -0.25) is 0 Å². The van der Waals surface area contributed by atoms with Crippen LogP contribution >= 0.6 is 0 Å². The number of rotatable bonds is 6. The van der Waals surface area contributed by atoms with E-state index < -0.39 is 0 Å². The summed E-state index contributed by atoms with van der Waals surface area (Å²) in [5.41, 5.74) is 0. The minimum atomic E-state index is 0.348. The maximum atomic E-state index is 8.85. The molecule has 0 aromatic rings. The molecule has 1 heteroatoms. The van der Waals surface area contributed by atoms with Gasteiger partial charge in [0.05, 0.1) is 0 Å². The van der Waals surface area contributed by atoms with Crippen LogP contribution in [0.2, 0.25) is 0 Å². The van der Waals surface area contributed by atoms with E-state index in [4.69, 9.17) is 5.11 Å². The normalized spacial score (nSPS) is 14.2. The molecule has 0 heterocycles. The monoisotopic (exact) mass is 172 g/mol. The summed E-state index contributed by atoms with van der Waals surface area (Å²) in [6.45, 7) is 9.37. The predicted octanol–water partition coefficient (Wildman–Crippen LogP) is 3.08. The maximum absolute atomic E-state index is 8.85. The second-order valence-corrected chi connectivity index (χ2v) is 4.49. The van der Waals surface area contributed by atoms with Crippen molar-refractivity contribution in [3.8, 4) is 0 Å². The first kappa shape index (κ1) is 12.0. The summed E-state index contributed by atoms with van der Waals surface area (Å²) in [4.78, 5) is 0. The molecular formula is C11H24O. The van der Waals surface area contributed by atoms with Crippen LogP contribution in [0.25, 0.3) is 0 Å². The van der Waals surface area contributed by atoms with Crippen molar-refractivity contribution in [1.82, 2.24) is 0 Å². The van der Waals surface area contributed by atoms with Crippen molar-refractivity contribution in [3.63, 3.8) is 0 Å². The van der Waals surface area contributed by atoms with Crippen molar-refractivity contribution in [2.45, 2.75) is 47.0 Å². The Morgan fingerprint density at radius 2 is 1.50 bits per heavy atom.